The van der Waals surface area contributed by atoms with Crippen LogP contribution in [0.1, 0.15) is 36.2 Å². The van der Waals surface area contributed by atoms with Crippen molar-refractivity contribution in [3.05, 3.63) is 84.2 Å². The minimum absolute atomic E-state index is 0.0159. The van der Waals surface area contributed by atoms with Crippen molar-refractivity contribution in [3.63, 3.8) is 0 Å². The maximum atomic E-state index is 12.9. The number of aromatic amines is 1. The molecule has 2 aromatic heterocycles. The van der Waals surface area contributed by atoms with E-state index in [-0.39, 0.29) is 11.9 Å². The van der Waals surface area contributed by atoms with Gasteiger partial charge in [0.2, 0.25) is 5.95 Å². The van der Waals surface area contributed by atoms with Crippen LogP contribution in [0.15, 0.2) is 73.1 Å². The van der Waals surface area contributed by atoms with Gasteiger partial charge in [0.15, 0.2) is 0 Å². The van der Waals surface area contributed by atoms with Gasteiger partial charge >= 0.3 is 0 Å². The number of fused-ring (bicyclic) bond motifs is 1. The molecular weight excluding hydrogens is 590 g/mol. The molecule has 0 aliphatic carbocycles. The smallest absolute Gasteiger partial charge is 0.253 e. The summed E-state index contributed by atoms with van der Waals surface area (Å²) in [6.45, 7) is 10.6. The molecule has 2 aliphatic heterocycles. The highest BCUT2D eigenvalue weighted by molar-refractivity contribution is 5.96. The first kappa shape index (κ1) is 34.8. The number of nitrogens with one attached hydrogen (secondary N) is 3. The lowest BCUT2D eigenvalue weighted by Gasteiger charge is -2.31. The molecule has 11 heteroatoms. The number of aromatic nitrogens is 3. The van der Waals surface area contributed by atoms with Crippen molar-refractivity contribution in [2.24, 2.45) is 0 Å². The fourth-order valence-corrected chi connectivity index (χ4v) is 5.51. The molecule has 2 fully saturated rings. The fraction of sp³-hybridized carbons (Fsp3) is 0.361. The van der Waals surface area contributed by atoms with Gasteiger partial charge in [0.05, 0.1) is 17.5 Å². The molecule has 0 radical (unpaired) electrons. The van der Waals surface area contributed by atoms with Gasteiger partial charge < -0.3 is 25.4 Å². The van der Waals surface area contributed by atoms with E-state index >= 15 is 0 Å². The maximum absolute atomic E-state index is 12.9. The summed E-state index contributed by atoms with van der Waals surface area (Å²) >= 11 is 0. The van der Waals surface area contributed by atoms with E-state index in [1.165, 1.54) is 0 Å². The Morgan fingerprint density at radius 2 is 1.83 bits per heavy atom. The number of aldehydes is 1. The van der Waals surface area contributed by atoms with E-state index in [0.29, 0.717) is 35.9 Å². The average molecular weight is 636 g/mol. The lowest BCUT2D eigenvalue weighted by Crippen LogP contribution is -2.44. The molecule has 3 N–H and O–H groups in total. The number of nitriles is 1. The molecule has 2 saturated heterocycles. The number of piperazine rings is 1. The molecule has 1 amide bonds. The SMILES string of the molecule is CC.CN1CCN(C/C=C/C=O)CC1.CNc1ccc(C(=O)N2CCC(Nc3ncc(C#N)c(-c4c[nH]c5ccccc45)n3)C2)cc1. The Balaban J connectivity index is 0.000000301. The molecule has 0 bridgehead atoms. The first-order valence-electron chi connectivity index (χ1n) is 16.2. The minimum atomic E-state index is 0.0159. The van der Waals surface area contributed by atoms with Crippen LogP contribution in [0.4, 0.5) is 11.6 Å². The standard InChI is InChI=1S/C25H23N7O.C9H16N2O.C2H6/c1-27-18-8-6-16(7-9-18)24(33)32-11-10-19(15-32)30-25-29-13-17(12-26)23(31-25)21-14-28-22-5-3-2-4-20(21)22;1-10-5-7-11(8-6-10)4-2-3-9-12;1-2/h2-9,13-14,19,27-28H,10-11,15H2,1H3,(H,29,30,31);2-3,9H,4-8H2,1H3;1-2H3/b;3-2+;. The highest BCUT2D eigenvalue weighted by Crippen LogP contribution is 2.30. The van der Waals surface area contributed by atoms with Crippen LogP contribution in [0, 0.1) is 11.3 Å². The zero-order valence-electron chi connectivity index (χ0n) is 27.7. The molecule has 4 aromatic rings. The van der Waals surface area contributed by atoms with E-state index in [0.717, 1.165) is 67.6 Å². The largest absolute Gasteiger partial charge is 0.388 e. The predicted molar refractivity (Wildman–Crippen MR) is 188 cm³/mol. The van der Waals surface area contributed by atoms with Crippen molar-refractivity contribution in [2.75, 3.05) is 70.5 Å². The summed E-state index contributed by atoms with van der Waals surface area (Å²) in [4.78, 5) is 41.6. The highest BCUT2D eigenvalue weighted by atomic mass is 16.2. The number of carbonyl (C=O) groups is 2. The Bertz CT molecular complexity index is 1670. The number of likely N-dealkylation sites (N-methyl/N-ethyl adjacent to an activating group) is 1. The van der Waals surface area contributed by atoms with Gasteiger partial charge in [0, 0.05) is 92.8 Å². The number of carbonyl (C=O) groups excluding carboxylic acids is 2. The number of hydrogen-bond acceptors (Lipinski definition) is 9. The van der Waals surface area contributed by atoms with Gasteiger partial charge in [-0.3, -0.25) is 14.5 Å². The van der Waals surface area contributed by atoms with Crippen LogP contribution < -0.4 is 10.6 Å². The molecule has 1 atom stereocenters. The molecule has 2 aromatic carbocycles. The molecule has 0 spiro atoms. The zero-order chi connectivity index (χ0) is 33.6. The van der Waals surface area contributed by atoms with E-state index in [1.54, 1.807) is 12.3 Å². The Hall–Kier alpha value is -5.05. The van der Waals surface area contributed by atoms with Gasteiger partial charge in [-0.05, 0) is 49.9 Å². The quantitative estimate of drug-likeness (QED) is 0.183. The van der Waals surface area contributed by atoms with E-state index in [2.05, 4.69) is 48.5 Å². The summed E-state index contributed by atoms with van der Waals surface area (Å²) < 4.78 is 0. The van der Waals surface area contributed by atoms with Crippen LogP contribution in [0.5, 0.6) is 0 Å². The zero-order valence-corrected chi connectivity index (χ0v) is 27.7. The number of likely N-dealkylation sites (tertiary alicyclic amines) is 1. The minimum Gasteiger partial charge on any atom is -0.388 e. The molecule has 1 unspecified atom stereocenters. The van der Waals surface area contributed by atoms with Crippen LogP contribution in [0.3, 0.4) is 0 Å². The van der Waals surface area contributed by atoms with Crippen LogP contribution in [-0.4, -0.2) is 108 Å². The molecule has 4 heterocycles. The van der Waals surface area contributed by atoms with Gasteiger partial charge in [-0.1, -0.05) is 38.1 Å². The average Bonchev–Trinajstić information content (AvgIpc) is 3.78. The van der Waals surface area contributed by atoms with Crippen LogP contribution in [0.2, 0.25) is 0 Å². The van der Waals surface area contributed by atoms with Gasteiger partial charge in [-0.25, -0.2) is 9.97 Å². The summed E-state index contributed by atoms with van der Waals surface area (Å²) in [6, 6.07) is 17.6. The third-order valence-electron chi connectivity index (χ3n) is 8.16. The number of H-pyrrole nitrogens is 1. The first-order valence-corrected chi connectivity index (χ1v) is 16.2. The number of amides is 1. The molecule has 6 rings (SSSR count). The van der Waals surface area contributed by atoms with Crippen LogP contribution >= 0.6 is 0 Å². The number of hydrogen-bond donors (Lipinski definition) is 3. The van der Waals surface area contributed by atoms with Crippen LogP contribution in [0.25, 0.3) is 22.2 Å². The Morgan fingerprint density at radius 3 is 2.53 bits per heavy atom. The molecule has 11 nitrogen and oxygen atoms in total. The summed E-state index contributed by atoms with van der Waals surface area (Å²) in [5, 5.41) is 17.0. The Morgan fingerprint density at radius 1 is 1.09 bits per heavy atom. The second-order valence-corrected chi connectivity index (χ2v) is 11.2. The molecule has 246 valence electrons. The van der Waals surface area contributed by atoms with Gasteiger partial charge in [0.1, 0.15) is 12.4 Å². The third-order valence-corrected chi connectivity index (χ3v) is 8.16. The fourth-order valence-electron chi connectivity index (χ4n) is 5.51. The van der Waals surface area contributed by atoms with Gasteiger partial charge in [-0.15, -0.1) is 0 Å². The topological polar surface area (TPSA) is 133 Å². The summed E-state index contributed by atoms with van der Waals surface area (Å²) in [5.41, 5.74) is 4.49. The second-order valence-electron chi connectivity index (χ2n) is 11.2. The lowest BCUT2D eigenvalue weighted by atomic mass is 10.1. The predicted octanol–water partition coefficient (Wildman–Crippen LogP) is 4.88. The maximum Gasteiger partial charge on any atom is 0.253 e. The number of anilines is 2. The van der Waals surface area contributed by atoms with Crippen molar-refractivity contribution in [2.45, 2.75) is 26.3 Å². The Labute approximate surface area is 277 Å². The third kappa shape index (κ3) is 9.25. The first-order chi connectivity index (χ1) is 23.0. The molecular formula is C36H45N9O2. The van der Waals surface area contributed by atoms with Crippen molar-refractivity contribution >= 4 is 34.7 Å². The normalized spacial score (nSPS) is 16.5. The number of rotatable bonds is 8. The highest BCUT2D eigenvalue weighted by Gasteiger charge is 2.28. The van der Waals surface area contributed by atoms with Crippen molar-refractivity contribution in [3.8, 4) is 17.3 Å². The van der Waals surface area contributed by atoms with Crippen molar-refractivity contribution in [1.82, 2.24) is 29.7 Å². The second kappa shape index (κ2) is 17.6. The van der Waals surface area contributed by atoms with E-state index < -0.39 is 0 Å². The van der Waals surface area contributed by atoms with Gasteiger partial charge in [0.25, 0.3) is 5.91 Å². The van der Waals surface area contributed by atoms with Gasteiger partial charge in [-0.2, -0.15) is 5.26 Å². The molecule has 47 heavy (non-hydrogen) atoms. The Kier molecular flexibility index (Phi) is 13.0. The number of allylic oxidation sites excluding steroid dienone is 1. The van der Waals surface area contributed by atoms with Crippen LogP contribution in [-0.2, 0) is 4.79 Å². The number of nitrogens with zero attached hydrogens (tertiary/aromatic N) is 6. The van der Waals surface area contributed by atoms with E-state index in [4.69, 9.17) is 0 Å². The summed E-state index contributed by atoms with van der Waals surface area (Å²) in [7, 11) is 3.99. The summed E-state index contributed by atoms with van der Waals surface area (Å²) in [5.74, 6) is 0.467. The number of benzene rings is 2. The van der Waals surface area contributed by atoms with E-state index in [1.807, 2.05) is 86.6 Å². The number of para-hydroxylation sites is 1. The van der Waals surface area contributed by atoms with E-state index in [9.17, 15) is 14.9 Å². The lowest BCUT2D eigenvalue weighted by molar-refractivity contribution is -0.104. The molecule has 2 aliphatic rings. The van der Waals surface area contributed by atoms with Crippen molar-refractivity contribution < 1.29 is 9.59 Å². The van der Waals surface area contributed by atoms with Crippen molar-refractivity contribution in [1.29, 1.82) is 5.26 Å². The monoisotopic (exact) mass is 635 g/mol. The molecule has 0 saturated carbocycles. The summed E-state index contributed by atoms with van der Waals surface area (Å²) in [6.07, 6.45) is 8.53.